The molecule has 0 radical (unpaired) electrons. The van der Waals surface area contributed by atoms with Crippen LogP contribution in [0.1, 0.15) is 16.1 Å². The SMILES string of the molecule is CSc1ccc(CN(C)C(=O)c2cnc3ccccc3n2)cc1. The molecule has 0 aliphatic heterocycles. The Balaban J connectivity index is 1.77. The molecule has 0 spiro atoms. The maximum atomic E-state index is 12.5. The molecule has 0 fully saturated rings. The van der Waals surface area contributed by atoms with Crippen LogP contribution in [0.3, 0.4) is 0 Å². The van der Waals surface area contributed by atoms with Crippen molar-refractivity contribution in [3.63, 3.8) is 0 Å². The summed E-state index contributed by atoms with van der Waals surface area (Å²) in [6.45, 7) is 0.544. The smallest absolute Gasteiger partial charge is 0.274 e. The highest BCUT2D eigenvalue weighted by Gasteiger charge is 2.14. The molecule has 23 heavy (non-hydrogen) atoms. The van der Waals surface area contributed by atoms with Crippen molar-refractivity contribution in [1.29, 1.82) is 0 Å². The number of nitrogens with zero attached hydrogens (tertiary/aromatic N) is 3. The highest BCUT2D eigenvalue weighted by molar-refractivity contribution is 7.98. The van der Waals surface area contributed by atoms with Gasteiger partial charge in [0.25, 0.3) is 5.91 Å². The van der Waals surface area contributed by atoms with Crippen LogP contribution < -0.4 is 0 Å². The lowest BCUT2D eigenvalue weighted by atomic mass is 10.2. The van der Waals surface area contributed by atoms with Crippen molar-refractivity contribution in [3.05, 3.63) is 66.0 Å². The van der Waals surface area contributed by atoms with Crippen molar-refractivity contribution < 1.29 is 4.79 Å². The average Bonchev–Trinajstić information content (AvgIpc) is 2.61. The van der Waals surface area contributed by atoms with Gasteiger partial charge in [0, 0.05) is 18.5 Å². The molecule has 3 aromatic rings. The molecule has 1 amide bonds. The van der Waals surface area contributed by atoms with Crippen molar-refractivity contribution in [2.75, 3.05) is 13.3 Å². The maximum Gasteiger partial charge on any atom is 0.274 e. The number of carbonyl (C=O) groups is 1. The Morgan fingerprint density at radius 3 is 2.48 bits per heavy atom. The molecule has 0 saturated carbocycles. The number of benzene rings is 2. The minimum absolute atomic E-state index is 0.128. The molecule has 1 aromatic heterocycles. The third-order valence-corrected chi connectivity index (χ3v) is 4.34. The summed E-state index contributed by atoms with van der Waals surface area (Å²) in [6, 6.07) is 15.8. The van der Waals surface area contributed by atoms with Crippen molar-refractivity contribution in [1.82, 2.24) is 14.9 Å². The highest BCUT2D eigenvalue weighted by Crippen LogP contribution is 2.16. The number of hydrogen-bond donors (Lipinski definition) is 0. The second-order valence-electron chi connectivity index (χ2n) is 5.25. The van der Waals surface area contributed by atoms with Gasteiger partial charge in [-0.15, -0.1) is 11.8 Å². The van der Waals surface area contributed by atoms with Gasteiger partial charge in [0.15, 0.2) is 0 Å². The summed E-state index contributed by atoms with van der Waals surface area (Å²) in [5.41, 5.74) is 2.98. The Morgan fingerprint density at radius 1 is 1.09 bits per heavy atom. The first-order valence-electron chi connectivity index (χ1n) is 7.27. The zero-order valence-corrected chi connectivity index (χ0v) is 13.9. The number of rotatable bonds is 4. The monoisotopic (exact) mass is 323 g/mol. The van der Waals surface area contributed by atoms with E-state index in [0.717, 1.165) is 16.6 Å². The van der Waals surface area contributed by atoms with Gasteiger partial charge in [0.2, 0.25) is 0 Å². The summed E-state index contributed by atoms with van der Waals surface area (Å²) >= 11 is 1.70. The zero-order valence-electron chi connectivity index (χ0n) is 13.1. The van der Waals surface area contributed by atoms with Crippen molar-refractivity contribution in [2.24, 2.45) is 0 Å². The number of carbonyl (C=O) groups excluding carboxylic acids is 1. The van der Waals surface area contributed by atoms with E-state index < -0.39 is 0 Å². The molecule has 2 aromatic carbocycles. The Labute approximate surface area is 139 Å². The molecule has 5 heteroatoms. The first-order chi connectivity index (χ1) is 11.2. The summed E-state index contributed by atoms with van der Waals surface area (Å²) in [7, 11) is 1.78. The van der Waals surface area contributed by atoms with Crippen molar-refractivity contribution in [2.45, 2.75) is 11.4 Å². The van der Waals surface area contributed by atoms with E-state index in [4.69, 9.17) is 0 Å². The van der Waals surface area contributed by atoms with Crippen LogP contribution in [-0.4, -0.2) is 34.1 Å². The van der Waals surface area contributed by atoms with E-state index in [2.05, 4.69) is 22.1 Å². The van der Waals surface area contributed by atoms with Crippen LogP contribution in [0.4, 0.5) is 0 Å². The van der Waals surface area contributed by atoms with Crippen LogP contribution in [0.25, 0.3) is 11.0 Å². The predicted molar refractivity (Wildman–Crippen MR) is 93.6 cm³/mol. The van der Waals surface area contributed by atoms with Gasteiger partial charge in [0.1, 0.15) is 5.69 Å². The largest absolute Gasteiger partial charge is 0.336 e. The maximum absolute atomic E-state index is 12.5. The third-order valence-electron chi connectivity index (χ3n) is 3.59. The van der Waals surface area contributed by atoms with E-state index in [-0.39, 0.29) is 5.91 Å². The normalized spacial score (nSPS) is 10.7. The van der Waals surface area contributed by atoms with E-state index in [1.807, 2.05) is 42.7 Å². The second kappa shape index (κ2) is 6.79. The van der Waals surface area contributed by atoms with Crippen LogP contribution >= 0.6 is 11.8 Å². The van der Waals surface area contributed by atoms with Crippen LogP contribution in [0.15, 0.2) is 59.6 Å². The fraction of sp³-hybridized carbons (Fsp3) is 0.167. The number of amides is 1. The highest BCUT2D eigenvalue weighted by atomic mass is 32.2. The standard InChI is InChI=1S/C18H17N3OS/c1-21(12-13-7-9-14(23-2)10-8-13)18(22)17-11-19-15-5-3-4-6-16(15)20-17/h3-11H,12H2,1-2H3. The summed E-state index contributed by atoms with van der Waals surface area (Å²) in [4.78, 5) is 24.1. The van der Waals surface area contributed by atoms with Gasteiger partial charge < -0.3 is 4.90 Å². The van der Waals surface area contributed by atoms with Crippen molar-refractivity contribution in [3.8, 4) is 0 Å². The molecule has 0 aliphatic rings. The van der Waals surface area contributed by atoms with Crippen molar-refractivity contribution >= 4 is 28.7 Å². The fourth-order valence-corrected chi connectivity index (χ4v) is 2.74. The minimum Gasteiger partial charge on any atom is -0.336 e. The van der Waals surface area contributed by atoms with Gasteiger partial charge in [-0.2, -0.15) is 0 Å². The number of aromatic nitrogens is 2. The van der Waals surface area contributed by atoms with Gasteiger partial charge in [-0.25, -0.2) is 4.98 Å². The average molecular weight is 323 g/mol. The summed E-state index contributed by atoms with van der Waals surface area (Å²) < 4.78 is 0. The lowest BCUT2D eigenvalue weighted by Crippen LogP contribution is -2.27. The fourth-order valence-electron chi connectivity index (χ4n) is 2.33. The van der Waals surface area contributed by atoms with Gasteiger partial charge in [-0.05, 0) is 36.1 Å². The predicted octanol–water partition coefficient (Wildman–Crippen LogP) is 3.62. The molecule has 1 heterocycles. The van der Waals surface area contributed by atoms with E-state index in [9.17, 15) is 4.79 Å². The van der Waals surface area contributed by atoms with Gasteiger partial charge >= 0.3 is 0 Å². The summed E-state index contributed by atoms with van der Waals surface area (Å²) in [6.07, 6.45) is 3.58. The second-order valence-corrected chi connectivity index (χ2v) is 6.13. The lowest BCUT2D eigenvalue weighted by molar-refractivity contribution is 0.0779. The van der Waals surface area contributed by atoms with E-state index in [1.54, 1.807) is 23.7 Å². The van der Waals surface area contributed by atoms with Gasteiger partial charge in [-0.3, -0.25) is 9.78 Å². The van der Waals surface area contributed by atoms with Gasteiger partial charge in [0.05, 0.1) is 17.2 Å². The Morgan fingerprint density at radius 2 is 1.78 bits per heavy atom. The molecular weight excluding hydrogens is 306 g/mol. The number of fused-ring (bicyclic) bond motifs is 1. The zero-order chi connectivity index (χ0) is 16.2. The Bertz CT molecular complexity index is 833. The van der Waals surface area contributed by atoms with Crippen LogP contribution in [0.5, 0.6) is 0 Å². The van der Waals surface area contributed by atoms with Gasteiger partial charge in [-0.1, -0.05) is 24.3 Å². The molecule has 0 aliphatic carbocycles. The van der Waals surface area contributed by atoms with E-state index >= 15 is 0 Å². The molecule has 0 unspecified atom stereocenters. The van der Waals surface area contributed by atoms with Crippen LogP contribution in [-0.2, 0) is 6.54 Å². The van der Waals surface area contributed by atoms with Crippen LogP contribution in [0.2, 0.25) is 0 Å². The minimum atomic E-state index is -0.128. The van der Waals surface area contributed by atoms with E-state index in [1.165, 1.54) is 11.1 Å². The molecule has 0 N–H and O–H groups in total. The lowest BCUT2D eigenvalue weighted by Gasteiger charge is -2.17. The first-order valence-corrected chi connectivity index (χ1v) is 8.50. The quantitative estimate of drug-likeness (QED) is 0.688. The first kappa shape index (κ1) is 15.5. The topological polar surface area (TPSA) is 46.1 Å². The Hall–Kier alpha value is -2.40. The number of para-hydroxylation sites is 2. The number of thioether (sulfide) groups is 1. The Kier molecular flexibility index (Phi) is 4.57. The molecule has 4 nitrogen and oxygen atoms in total. The molecule has 116 valence electrons. The third kappa shape index (κ3) is 3.51. The molecule has 0 atom stereocenters. The van der Waals surface area contributed by atoms with Crippen LogP contribution in [0, 0.1) is 0 Å². The molecule has 3 rings (SSSR count). The summed E-state index contributed by atoms with van der Waals surface area (Å²) in [5.74, 6) is -0.128. The molecule has 0 bridgehead atoms. The molecule has 0 saturated heterocycles. The summed E-state index contributed by atoms with van der Waals surface area (Å²) in [5, 5.41) is 0. The van der Waals surface area contributed by atoms with E-state index in [0.29, 0.717) is 12.2 Å². The molecular formula is C18H17N3OS. The number of hydrogen-bond acceptors (Lipinski definition) is 4.